The number of ether oxygens (including phenoxy) is 1. The average Bonchev–Trinajstić information content (AvgIpc) is 3.22. The van der Waals surface area contributed by atoms with Crippen LogP contribution in [0.15, 0.2) is 42.6 Å². The van der Waals surface area contributed by atoms with Gasteiger partial charge in [0.1, 0.15) is 5.69 Å². The van der Waals surface area contributed by atoms with Gasteiger partial charge in [-0.1, -0.05) is 25.0 Å². The minimum Gasteiger partial charge on any atom is -0.378 e. The molecule has 6 heteroatoms. The van der Waals surface area contributed by atoms with Crippen LogP contribution in [0.5, 0.6) is 0 Å². The van der Waals surface area contributed by atoms with Crippen molar-refractivity contribution in [3.8, 4) is 0 Å². The number of hydrogen-bond acceptors (Lipinski definition) is 5. The van der Waals surface area contributed by atoms with E-state index in [9.17, 15) is 4.79 Å². The number of morpholine rings is 1. The summed E-state index contributed by atoms with van der Waals surface area (Å²) in [5.41, 5.74) is 3.49. The van der Waals surface area contributed by atoms with Gasteiger partial charge in [-0.3, -0.25) is 9.78 Å². The highest BCUT2D eigenvalue weighted by atomic mass is 16.5. The number of anilines is 3. The van der Waals surface area contributed by atoms with E-state index in [4.69, 9.17) is 4.74 Å². The predicted octanol–water partition coefficient (Wildman–Crippen LogP) is 3.33. The van der Waals surface area contributed by atoms with Gasteiger partial charge in [0.2, 0.25) is 0 Å². The Labute approximate surface area is 159 Å². The second-order valence-corrected chi connectivity index (χ2v) is 7.13. The Morgan fingerprint density at radius 1 is 1.11 bits per heavy atom. The molecule has 1 aromatic heterocycles. The second kappa shape index (κ2) is 8.39. The van der Waals surface area contributed by atoms with Gasteiger partial charge in [-0.25, -0.2) is 0 Å². The molecule has 4 rings (SSSR count). The number of nitrogens with one attached hydrogen (secondary N) is 2. The van der Waals surface area contributed by atoms with Crippen molar-refractivity contribution < 1.29 is 9.53 Å². The Morgan fingerprint density at radius 3 is 2.70 bits per heavy atom. The number of carbonyl (C=O) groups excluding carboxylic acids is 1. The predicted molar refractivity (Wildman–Crippen MR) is 107 cm³/mol. The zero-order chi connectivity index (χ0) is 18.5. The standard InChI is InChI=1S/C21H26N4O2/c26-21(24-16-5-1-2-6-16)19-15-17(9-10-22-19)23-18-7-3-4-8-20(18)25-11-13-27-14-12-25/h3-4,7-10,15-16H,1-2,5-6,11-14H2,(H,22,23)(H,24,26). The van der Waals surface area contributed by atoms with Gasteiger partial charge in [0.25, 0.3) is 5.91 Å². The summed E-state index contributed by atoms with van der Waals surface area (Å²) in [6.07, 6.45) is 6.20. The summed E-state index contributed by atoms with van der Waals surface area (Å²) >= 11 is 0. The Kier molecular flexibility index (Phi) is 5.53. The normalized spacial score (nSPS) is 17.7. The highest BCUT2D eigenvalue weighted by molar-refractivity contribution is 5.93. The van der Waals surface area contributed by atoms with Crippen molar-refractivity contribution >= 4 is 23.0 Å². The third-order valence-electron chi connectivity index (χ3n) is 5.22. The number of amides is 1. The van der Waals surface area contributed by atoms with Gasteiger partial charge in [-0.05, 0) is 37.1 Å². The Morgan fingerprint density at radius 2 is 1.89 bits per heavy atom. The molecule has 142 valence electrons. The monoisotopic (exact) mass is 366 g/mol. The first-order chi connectivity index (χ1) is 13.3. The molecule has 1 aliphatic heterocycles. The number of benzene rings is 1. The first kappa shape index (κ1) is 17.8. The SMILES string of the molecule is O=C(NC1CCCC1)c1cc(Nc2ccccc2N2CCOCC2)ccn1. The van der Waals surface area contributed by atoms with Crippen molar-refractivity contribution in [3.63, 3.8) is 0 Å². The number of hydrogen-bond donors (Lipinski definition) is 2. The molecule has 0 atom stereocenters. The summed E-state index contributed by atoms with van der Waals surface area (Å²) in [5, 5.41) is 6.55. The average molecular weight is 366 g/mol. The molecule has 2 aliphatic rings. The van der Waals surface area contributed by atoms with Gasteiger partial charge in [0.05, 0.1) is 24.6 Å². The Balaban J connectivity index is 1.49. The summed E-state index contributed by atoms with van der Waals surface area (Å²) in [6.45, 7) is 3.25. The molecule has 6 nitrogen and oxygen atoms in total. The highest BCUT2D eigenvalue weighted by Gasteiger charge is 2.19. The van der Waals surface area contributed by atoms with Gasteiger partial charge >= 0.3 is 0 Å². The molecule has 2 N–H and O–H groups in total. The number of pyridine rings is 1. The lowest BCUT2D eigenvalue weighted by Gasteiger charge is -2.30. The zero-order valence-corrected chi connectivity index (χ0v) is 15.5. The molecule has 1 aromatic carbocycles. The van der Waals surface area contributed by atoms with E-state index in [-0.39, 0.29) is 11.9 Å². The summed E-state index contributed by atoms with van der Waals surface area (Å²) in [7, 11) is 0. The van der Waals surface area contributed by atoms with E-state index in [1.54, 1.807) is 6.20 Å². The number of carbonyl (C=O) groups is 1. The first-order valence-electron chi connectivity index (χ1n) is 9.75. The fourth-order valence-corrected chi connectivity index (χ4v) is 3.78. The second-order valence-electron chi connectivity index (χ2n) is 7.13. The van der Waals surface area contributed by atoms with Crippen LogP contribution in [0.25, 0.3) is 0 Å². The fourth-order valence-electron chi connectivity index (χ4n) is 3.78. The molecule has 0 radical (unpaired) electrons. The molecule has 1 saturated heterocycles. The first-order valence-corrected chi connectivity index (χ1v) is 9.75. The third-order valence-corrected chi connectivity index (χ3v) is 5.22. The molecular formula is C21H26N4O2. The maximum Gasteiger partial charge on any atom is 0.270 e. The number of para-hydroxylation sites is 2. The highest BCUT2D eigenvalue weighted by Crippen LogP contribution is 2.29. The van der Waals surface area contributed by atoms with Crippen molar-refractivity contribution in [2.45, 2.75) is 31.7 Å². The lowest BCUT2D eigenvalue weighted by molar-refractivity contribution is 0.0933. The van der Waals surface area contributed by atoms with Crippen LogP contribution in [0.2, 0.25) is 0 Å². The van der Waals surface area contributed by atoms with Crippen molar-refractivity contribution in [3.05, 3.63) is 48.3 Å². The van der Waals surface area contributed by atoms with Crippen LogP contribution in [0.1, 0.15) is 36.2 Å². The van der Waals surface area contributed by atoms with Crippen molar-refractivity contribution in [2.24, 2.45) is 0 Å². The van der Waals surface area contributed by atoms with Crippen LogP contribution in [0.4, 0.5) is 17.1 Å². The van der Waals surface area contributed by atoms with E-state index in [0.717, 1.165) is 56.2 Å². The quantitative estimate of drug-likeness (QED) is 0.850. The van der Waals surface area contributed by atoms with E-state index < -0.39 is 0 Å². The molecule has 0 bridgehead atoms. The zero-order valence-electron chi connectivity index (χ0n) is 15.5. The lowest BCUT2D eigenvalue weighted by Crippen LogP contribution is -2.36. The number of rotatable bonds is 5. The number of nitrogens with zero attached hydrogens (tertiary/aromatic N) is 2. The van der Waals surface area contributed by atoms with E-state index in [1.807, 2.05) is 24.3 Å². The van der Waals surface area contributed by atoms with Crippen molar-refractivity contribution in [1.29, 1.82) is 0 Å². The van der Waals surface area contributed by atoms with Crippen LogP contribution in [-0.2, 0) is 4.74 Å². The van der Waals surface area contributed by atoms with E-state index in [1.165, 1.54) is 12.8 Å². The summed E-state index contributed by atoms with van der Waals surface area (Å²) in [6, 6.07) is 12.2. The summed E-state index contributed by atoms with van der Waals surface area (Å²) in [5.74, 6) is -0.0907. The van der Waals surface area contributed by atoms with Gasteiger partial charge in [0.15, 0.2) is 0 Å². The van der Waals surface area contributed by atoms with Crippen LogP contribution in [0.3, 0.4) is 0 Å². The van der Waals surface area contributed by atoms with Gasteiger partial charge in [-0.15, -0.1) is 0 Å². The van der Waals surface area contributed by atoms with E-state index in [2.05, 4.69) is 32.7 Å². The van der Waals surface area contributed by atoms with Crippen molar-refractivity contribution in [2.75, 3.05) is 36.5 Å². The lowest BCUT2D eigenvalue weighted by atomic mass is 10.2. The Hall–Kier alpha value is -2.60. The Bertz CT molecular complexity index is 783. The molecular weight excluding hydrogens is 340 g/mol. The topological polar surface area (TPSA) is 66.5 Å². The molecule has 2 aromatic rings. The third kappa shape index (κ3) is 4.39. The summed E-state index contributed by atoms with van der Waals surface area (Å²) < 4.78 is 5.46. The molecule has 1 aliphatic carbocycles. The van der Waals surface area contributed by atoms with E-state index >= 15 is 0 Å². The largest absolute Gasteiger partial charge is 0.378 e. The van der Waals surface area contributed by atoms with Gasteiger partial charge in [-0.2, -0.15) is 0 Å². The molecule has 2 fully saturated rings. The van der Waals surface area contributed by atoms with E-state index in [0.29, 0.717) is 5.69 Å². The van der Waals surface area contributed by atoms with Crippen LogP contribution < -0.4 is 15.5 Å². The molecule has 2 heterocycles. The van der Waals surface area contributed by atoms with Gasteiger partial charge < -0.3 is 20.3 Å². The molecule has 1 amide bonds. The minimum atomic E-state index is -0.0907. The van der Waals surface area contributed by atoms with Crippen LogP contribution in [-0.4, -0.2) is 43.2 Å². The smallest absolute Gasteiger partial charge is 0.270 e. The van der Waals surface area contributed by atoms with Crippen molar-refractivity contribution in [1.82, 2.24) is 10.3 Å². The number of aromatic nitrogens is 1. The van der Waals surface area contributed by atoms with Crippen LogP contribution in [0, 0.1) is 0 Å². The molecule has 27 heavy (non-hydrogen) atoms. The maximum atomic E-state index is 12.5. The fraction of sp³-hybridized carbons (Fsp3) is 0.429. The maximum absolute atomic E-state index is 12.5. The van der Waals surface area contributed by atoms with Crippen LogP contribution >= 0.6 is 0 Å². The summed E-state index contributed by atoms with van der Waals surface area (Å²) in [4.78, 5) is 19.1. The molecule has 1 saturated carbocycles. The molecule has 0 unspecified atom stereocenters. The molecule has 0 spiro atoms. The minimum absolute atomic E-state index is 0.0907. The van der Waals surface area contributed by atoms with Gasteiger partial charge in [0, 0.05) is 31.0 Å².